The van der Waals surface area contributed by atoms with Crippen LogP contribution in [0.25, 0.3) is 120 Å². The van der Waals surface area contributed by atoms with Crippen molar-refractivity contribution in [2.75, 3.05) is 0 Å². The summed E-state index contributed by atoms with van der Waals surface area (Å²) in [5, 5.41) is 7.13. The Balaban J connectivity index is 1.08. The Morgan fingerprint density at radius 3 is 1.30 bits per heavy atom. The van der Waals surface area contributed by atoms with Gasteiger partial charge in [0.1, 0.15) is 0 Å². The molecule has 0 atom stereocenters. The van der Waals surface area contributed by atoms with Gasteiger partial charge in [-0.05, 0) is 75.8 Å². The Kier molecular flexibility index (Phi) is 8.01. The van der Waals surface area contributed by atoms with Gasteiger partial charge in [-0.25, -0.2) is 0 Å². The van der Waals surface area contributed by atoms with Crippen LogP contribution >= 0.6 is 11.3 Å². The first kappa shape index (κ1) is 35.6. The minimum Gasteiger partial charge on any atom is -0.278 e. The van der Waals surface area contributed by atoms with Crippen molar-refractivity contribution in [3.63, 3.8) is 0 Å². The molecule has 5 nitrogen and oxygen atoms in total. The Morgan fingerprint density at radius 1 is 0.270 bits per heavy atom. The highest BCUT2D eigenvalue weighted by molar-refractivity contribution is 7.25. The summed E-state index contributed by atoms with van der Waals surface area (Å²) in [5.74, 6) is 1.69. The van der Waals surface area contributed by atoms with E-state index in [2.05, 4.69) is 221 Å². The predicted octanol–water partition coefficient (Wildman–Crippen LogP) is 15.1. The SMILES string of the molecule is c1ccc(-c2ccc3c4ccccc4n(-c4nc(-c5cccc(-c6ccc7c(c6)sc6ccccc67)c5)nc(-n5c6ccccc6c6ccc(-c7ccccc7)cc65)n4)c3c2)cc1. The Bertz CT molecular complexity index is 3740. The maximum absolute atomic E-state index is 5.49. The predicted molar refractivity (Wildman–Crippen MR) is 263 cm³/mol. The fourth-order valence-electron chi connectivity index (χ4n) is 9.42. The Labute approximate surface area is 366 Å². The molecule has 9 aromatic carbocycles. The molecule has 0 bridgehead atoms. The third-order valence-corrected chi connectivity index (χ3v) is 13.5. The van der Waals surface area contributed by atoms with E-state index in [0.29, 0.717) is 17.7 Å². The summed E-state index contributed by atoms with van der Waals surface area (Å²) < 4.78 is 7.00. The van der Waals surface area contributed by atoms with Gasteiger partial charge >= 0.3 is 0 Å². The van der Waals surface area contributed by atoms with E-state index in [4.69, 9.17) is 15.0 Å². The first-order valence-electron chi connectivity index (χ1n) is 21.2. The smallest absolute Gasteiger partial charge is 0.240 e. The summed E-state index contributed by atoms with van der Waals surface area (Å²) in [6.07, 6.45) is 0. The molecule has 13 aromatic rings. The van der Waals surface area contributed by atoms with Gasteiger partial charge in [0.05, 0.1) is 22.1 Å². The second-order valence-electron chi connectivity index (χ2n) is 16.1. The number of rotatable bonds is 6. The highest BCUT2D eigenvalue weighted by Crippen LogP contribution is 2.39. The number of fused-ring (bicyclic) bond motifs is 9. The van der Waals surface area contributed by atoms with E-state index in [1.54, 1.807) is 0 Å². The molecule has 13 rings (SSSR count). The quantitative estimate of drug-likeness (QED) is 0.168. The van der Waals surface area contributed by atoms with Crippen molar-refractivity contribution in [3.8, 4) is 56.7 Å². The van der Waals surface area contributed by atoms with Crippen molar-refractivity contribution in [3.05, 3.63) is 212 Å². The molecule has 6 heteroatoms. The molecule has 0 aliphatic heterocycles. The molecule has 0 fully saturated rings. The average Bonchev–Trinajstić information content (AvgIpc) is 4.01. The molecule has 0 saturated heterocycles. The van der Waals surface area contributed by atoms with Gasteiger partial charge < -0.3 is 0 Å². The third-order valence-electron chi connectivity index (χ3n) is 12.4. The van der Waals surface area contributed by atoms with Crippen molar-refractivity contribution in [2.24, 2.45) is 0 Å². The Morgan fingerprint density at radius 2 is 0.698 bits per heavy atom. The van der Waals surface area contributed by atoms with Crippen molar-refractivity contribution < 1.29 is 0 Å². The van der Waals surface area contributed by atoms with Crippen LogP contribution in [0.2, 0.25) is 0 Å². The summed E-state index contributed by atoms with van der Waals surface area (Å²) in [6.45, 7) is 0. The van der Waals surface area contributed by atoms with Crippen LogP contribution in [-0.4, -0.2) is 24.1 Å². The molecule has 0 unspecified atom stereocenters. The fourth-order valence-corrected chi connectivity index (χ4v) is 10.6. The summed E-state index contributed by atoms with van der Waals surface area (Å²) in [4.78, 5) is 16.3. The molecule has 294 valence electrons. The maximum Gasteiger partial charge on any atom is 0.240 e. The van der Waals surface area contributed by atoms with E-state index in [0.717, 1.165) is 82.6 Å². The highest BCUT2D eigenvalue weighted by atomic mass is 32.1. The van der Waals surface area contributed by atoms with Crippen molar-refractivity contribution in [2.45, 2.75) is 0 Å². The molecule has 0 radical (unpaired) electrons. The van der Waals surface area contributed by atoms with Crippen LogP contribution < -0.4 is 0 Å². The average molecular weight is 822 g/mol. The lowest BCUT2D eigenvalue weighted by Gasteiger charge is -2.14. The molecule has 63 heavy (non-hydrogen) atoms. The van der Waals surface area contributed by atoms with Crippen LogP contribution in [-0.2, 0) is 0 Å². The molecule has 0 aliphatic carbocycles. The molecule has 0 aliphatic rings. The molecule has 0 saturated carbocycles. The fraction of sp³-hybridized carbons (Fsp3) is 0. The minimum atomic E-state index is 0.550. The normalized spacial score (nSPS) is 11.8. The molecule has 0 N–H and O–H groups in total. The van der Waals surface area contributed by atoms with E-state index in [1.165, 1.54) is 20.2 Å². The van der Waals surface area contributed by atoms with Crippen LogP contribution in [0.4, 0.5) is 0 Å². The number of nitrogens with zero attached hydrogens (tertiary/aromatic N) is 5. The number of thiophene rings is 1. The summed E-state index contributed by atoms with van der Waals surface area (Å²) in [7, 11) is 0. The zero-order valence-corrected chi connectivity index (χ0v) is 34.7. The van der Waals surface area contributed by atoms with Gasteiger partial charge in [-0.2, -0.15) is 15.0 Å². The van der Waals surface area contributed by atoms with E-state index >= 15 is 0 Å². The lowest BCUT2D eigenvalue weighted by Crippen LogP contribution is -2.10. The lowest BCUT2D eigenvalue weighted by molar-refractivity contribution is 0.893. The zero-order valence-electron chi connectivity index (χ0n) is 33.9. The van der Waals surface area contributed by atoms with Gasteiger partial charge in [0, 0.05) is 47.3 Å². The lowest BCUT2D eigenvalue weighted by atomic mass is 10.0. The molecule has 4 heterocycles. The standard InChI is InChI=1S/C57H35N5S/c1-3-14-36(15-4-1)39-26-29-45-43-20-7-10-23-49(43)61(51(45)33-39)56-58-55(42-19-13-18-38(32-42)41-28-31-48-47-22-9-12-25-53(47)63-54(48)35-41)59-57(60-56)62-50-24-11-8-21-44(50)46-30-27-40(34-52(46)62)37-16-5-2-6-17-37/h1-35H. The van der Waals surface area contributed by atoms with E-state index in [-0.39, 0.29) is 0 Å². The molecular weight excluding hydrogens is 787 g/mol. The third kappa shape index (κ3) is 5.80. The van der Waals surface area contributed by atoms with Gasteiger partial charge in [-0.3, -0.25) is 9.13 Å². The van der Waals surface area contributed by atoms with Gasteiger partial charge in [-0.15, -0.1) is 11.3 Å². The second kappa shape index (κ2) is 14.2. The van der Waals surface area contributed by atoms with Gasteiger partial charge in [0.15, 0.2) is 5.82 Å². The minimum absolute atomic E-state index is 0.550. The zero-order chi connectivity index (χ0) is 41.4. The number of benzene rings is 9. The van der Waals surface area contributed by atoms with Gasteiger partial charge in [0.25, 0.3) is 0 Å². The first-order chi connectivity index (χ1) is 31.2. The molecule has 0 amide bonds. The molecule has 0 spiro atoms. The number of para-hydroxylation sites is 2. The molecular formula is C57H35N5S. The van der Waals surface area contributed by atoms with Crippen LogP contribution in [0.15, 0.2) is 212 Å². The highest BCUT2D eigenvalue weighted by Gasteiger charge is 2.22. The van der Waals surface area contributed by atoms with Crippen molar-refractivity contribution in [1.82, 2.24) is 24.1 Å². The van der Waals surface area contributed by atoms with Crippen LogP contribution in [0.1, 0.15) is 0 Å². The summed E-state index contributed by atoms with van der Waals surface area (Å²) in [5.41, 5.74) is 11.8. The van der Waals surface area contributed by atoms with E-state index in [9.17, 15) is 0 Å². The van der Waals surface area contributed by atoms with E-state index in [1.807, 2.05) is 11.3 Å². The topological polar surface area (TPSA) is 48.5 Å². The van der Waals surface area contributed by atoms with Gasteiger partial charge in [0.2, 0.25) is 11.9 Å². The summed E-state index contributed by atoms with van der Waals surface area (Å²) >= 11 is 1.84. The van der Waals surface area contributed by atoms with Crippen LogP contribution in [0, 0.1) is 0 Å². The van der Waals surface area contributed by atoms with Gasteiger partial charge in [-0.1, -0.05) is 170 Å². The van der Waals surface area contributed by atoms with E-state index < -0.39 is 0 Å². The maximum atomic E-state index is 5.49. The van der Waals surface area contributed by atoms with Crippen molar-refractivity contribution in [1.29, 1.82) is 0 Å². The summed E-state index contributed by atoms with van der Waals surface area (Å²) in [6, 6.07) is 75.7. The van der Waals surface area contributed by atoms with Crippen LogP contribution in [0.5, 0.6) is 0 Å². The monoisotopic (exact) mass is 821 g/mol. The first-order valence-corrected chi connectivity index (χ1v) is 22.0. The number of hydrogen-bond acceptors (Lipinski definition) is 4. The second-order valence-corrected chi connectivity index (χ2v) is 17.1. The largest absolute Gasteiger partial charge is 0.278 e. The van der Waals surface area contributed by atoms with Crippen LogP contribution in [0.3, 0.4) is 0 Å². The Hall–Kier alpha value is -8.19. The molecule has 4 aromatic heterocycles. The number of hydrogen-bond donors (Lipinski definition) is 0. The van der Waals surface area contributed by atoms with Crippen molar-refractivity contribution >= 4 is 75.1 Å². The number of aromatic nitrogens is 5.